The molecule has 5 nitrogen and oxygen atoms in total. The molecule has 29 heavy (non-hydrogen) atoms. The highest BCUT2D eigenvalue weighted by Crippen LogP contribution is 2.42. The first-order chi connectivity index (χ1) is 13.8. The van der Waals surface area contributed by atoms with Crippen molar-refractivity contribution in [3.05, 3.63) is 73.1 Å². The second-order valence-corrected chi connectivity index (χ2v) is 9.02. The van der Waals surface area contributed by atoms with Crippen LogP contribution in [0.15, 0.2) is 57.5 Å². The standard InChI is InChI=1S/C20H14BrCl2N3O2S/c1-25-18(27)15(10-24)20-26(14-6-3-12(21)4-7-14)19(28)17(29-20)8-11-2-5-13(22)9-16(11)23/h2-7,9,17H,8H2,1H3,(H,25,27). The van der Waals surface area contributed by atoms with Crippen LogP contribution < -0.4 is 10.2 Å². The molecule has 2 amide bonds. The second kappa shape index (κ2) is 9.23. The van der Waals surface area contributed by atoms with Crippen molar-refractivity contribution in [2.45, 2.75) is 11.7 Å². The summed E-state index contributed by atoms with van der Waals surface area (Å²) >= 11 is 16.8. The lowest BCUT2D eigenvalue weighted by Gasteiger charge is -2.18. The van der Waals surface area contributed by atoms with Gasteiger partial charge in [0.1, 0.15) is 16.7 Å². The third-order valence-electron chi connectivity index (χ3n) is 4.24. The number of hydrogen-bond donors (Lipinski definition) is 1. The van der Waals surface area contributed by atoms with Gasteiger partial charge in [-0.3, -0.25) is 14.5 Å². The fourth-order valence-corrected chi connectivity index (χ4v) is 4.87. The van der Waals surface area contributed by atoms with Crippen LogP contribution in [-0.2, 0) is 16.0 Å². The van der Waals surface area contributed by atoms with Crippen LogP contribution in [0.2, 0.25) is 10.0 Å². The van der Waals surface area contributed by atoms with E-state index in [0.29, 0.717) is 27.2 Å². The van der Waals surface area contributed by atoms with Crippen LogP contribution in [-0.4, -0.2) is 24.1 Å². The Kier molecular flexibility index (Phi) is 6.91. The van der Waals surface area contributed by atoms with Gasteiger partial charge in [-0.05, 0) is 48.4 Å². The van der Waals surface area contributed by atoms with Gasteiger partial charge in [-0.25, -0.2) is 0 Å². The van der Waals surface area contributed by atoms with Gasteiger partial charge in [-0.1, -0.05) is 57.0 Å². The lowest BCUT2D eigenvalue weighted by molar-refractivity contribution is -0.117. The van der Waals surface area contributed by atoms with Crippen LogP contribution in [0.25, 0.3) is 0 Å². The first kappa shape index (κ1) is 21.7. The van der Waals surface area contributed by atoms with Crippen molar-refractivity contribution >= 4 is 68.4 Å². The minimum atomic E-state index is -0.546. The molecule has 0 aliphatic carbocycles. The molecule has 1 fully saturated rings. The number of rotatable bonds is 4. The van der Waals surface area contributed by atoms with Crippen molar-refractivity contribution in [1.82, 2.24) is 5.32 Å². The molecule has 0 aromatic heterocycles. The van der Waals surface area contributed by atoms with E-state index in [1.165, 1.54) is 23.7 Å². The fourth-order valence-electron chi connectivity index (χ4n) is 2.82. The maximum absolute atomic E-state index is 13.3. The Labute approximate surface area is 190 Å². The van der Waals surface area contributed by atoms with Gasteiger partial charge in [0.25, 0.3) is 5.91 Å². The molecule has 1 unspecified atom stereocenters. The SMILES string of the molecule is CNC(=O)C(C#N)=C1SC(Cc2ccc(Cl)cc2Cl)C(=O)N1c1ccc(Br)cc1. The Bertz CT molecular complexity index is 1050. The highest BCUT2D eigenvalue weighted by atomic mass is 79.9. The molecule has 1 heterocycles. The van der Waals surface area contributed by atoms with Crippen LogP contribution in [0, 0.1) is 11.3 Å². The van der Waals surface area contributed by atoms with Crippen molar-refractivity contribution < 1.29 is 9.59 Å². The van der Waals surface area contributed by atoms with Gasteiger partial charge in [0.15, 0.2) is 0 Å². The maximum Gasteiger partial charge on any atom is 0.264 e. The summed E-state index contributed by atoms with van der Waals surface area (Å²) < 4.78 is 0.849. The number of nitriles is 1. The summed E-state index contributed by atoms with van der Waals surface area (Å²) in [7, 11) is 1.44. The second-order valence-electron chi connectivity index (χ2n) is 6.07. The van der Waals surface area contributed by atoms with Crippen LogP contribution in [0.5, 0.6) is 0 Å². The fraction of sp³-hybridized carbons (Fsp3) is 0.150. The van der Waals surface area contributed by atoms with Crippen molar-refractivity contribution in [3.8, 4) is 6.07 Å². The summed E-state index contributed by atoms with van der Waals surface area (Å²) in [6.45, 7) is 0. The molecule has 1 N–H and O–H groups in total. The van der Waals surface area contributed by atoms with Crippen LogP contribution in [0.3, 0.4) is 0 Å². The molecule has 148 valence electrons. The van der Waals surface area contributed by atoms with Gasteiger partial charge in [0, 0.05) is 27.3 Å². The van der Waals surface area contributed by atoms with E-state index in [1.54, 1.807) is 42.5 Å². The molecule has 1 aliphatic rings. The van der Waals surface area contributed by atoms with Crippen molar-refractivity contribution in [2.75, 3.05) is 11.9 Å². The van der Waals surface area contributed by atoms with E-state index in [0.717, 1.165) is 10.0 Å². The zero-order chi connectivity index (χ0) is 21.1. The summed E-state index contributed by atoms with van der Waals surface area (Å²) in [6.07, 6.45) is 0.336. The Morgan fingerprint density at radius 3 is 2.55 bits per heavy atom. The number of carbonyl (C=O) groups excluding carboxylic acids is 2. The molecule has 2 aromatic carbocycles. The first-order valence-electron chi connectivity index (χ1n) is 8.42. The molecular formula is C20H14BrCl2N3O2S. The smallest absolute Gasteiger partial charge is 0.264 e. The number of carbonyl (C=O) groups is 2. The van der Waals surface area contributed by atoms with Crippen molar-refractivity contribution in [3.63, 3.8) is 0 Å². The zero-order valence-electron chi connectivity index (χ0n) is 15.1. The minimum absolute atomic E-state index is 0.113. The number of benzene rings is 2. The monoisotopic (exact) mass is 509 g/mol. The molecule has 0 spiro atoms. The summed E-state index contributed by atoms with van der Waals surface area (Å²) in [6, 6.07) is 14.1. The number of halogens is 3. The van der Waals surface area contributed by atoms with Crippen molar-refractivity contribution in [1.29, 1.82) is 5.26 Å². The molecule has 0 saturated carbocycles. The maximum atomic E-state index is 13.3. The molecule has 3 rings (SSSR count). The largest absolute Gasteiger partial charge is 0.354 e. The van der Waals surface area contributed by atoms with Crippen molar-refractivity contribution in [2.24, 2.45) is 0 Å². The lowest BCUT2D eigenvalue weighted by atomic mass is 10.1. The van der Waals surface area contributed by atoms with E-state index in [2.05, 4.69) is 21.2 Å². The predicted molar refractivity (Wildman–Crippen MR) is 120 cm³/mol. The van der Waals surface area contributed by atoms with Gasteiger partial charge >= 0.3 is 0 Å². The van der Waals surface area contributed by atoms with E-state index in [-0.39, 0.29) is 11.5 Å². The Hall–Kier alpha value is -1.98. The molecule has 1 atom stereocenters. The molecule has 0 bridgehead atoms. The third-order valence-corrected chi connectivity index (χ3v) is 6.62. The predicted octanol–water partition coefficient (Wildman–Crippen LogP) is 4.93. The Morgan fingerprint density at radius 1 is 1.28 bits per heavy atom. The van der Waals surface area contributed by atoms with Gasteiger partial charge in [-0.15, -0.1) is 0 Å². The molecular weight excluding hydrogens is 497 g/mol. The quantitative estimate of drug-likeness (QED) is 0.467. The van der Waals surface area contributed by atoms with E-state index in [4.69, 9.17) is 23.2 Å². The highest BCUT2D eigenvalue weighted by Gasteiger charge is 2.40. The minimum Gasteiger partial charge on any atom is -0.354 e. The highest BCUT2D eigenvalue weighted by molar-refractivity contribution is 9.10. The summed E-state index contributed by atoms with van der Waals surface area (Å²) in [4.78, 5) is 26.9. The molecule has 0 radical (unpaired) electrons. The molecule has 2 aromatic rings. The molecule has 1 aliphatic heterocycles. The number of nitrogens with zero attached hydrogens (tertiary/aromatic N) is 2. The third kappa shape index (κ3) is 4.62. The summed E-state index contributed by atoms with van der Waals surface area (Å²) in [5.41, 5.74) is 1.22. The topological polar surface area (TPSA) is 73.2 Å². The average molecular weight is 511 g/mol. The first-order valence-corrected chi connectivity index (χ1v) is 10.8. The van der Waals surface area contributed by atoms with Crippen LogP contribution >= 0.6 is 50.9 Å². The number of thioether (sulfide) groups is 1. The lowest BCUT2D eigenvalue weighted by Crippen LogP contribution is -2.31. The average Bonchev–Trinajstić information content (AvgIpc) is 3.01. The normalized spacial score (nSPS) is 17.8. The Balaban J connectivity index is 2.05. The van der Waals surface area contributed by atoms with Gasteiger partial charge < -0.3 is 5.32 Å². The number of hydrogen-bond acceptors (Lipinski definition) is 4. The van der Waals surface area contributed by atoms with Gasteiger partial charge in [-0.2, -0.15) is 5.26 Å². The number of nitrogens with one attached hydrogen (secondary N) is 1. The van der Waals surface area contributed by atoms with Gasteiger partial charge in [0.2, 0.25) is 5.91 Å². The van der Waals surface area contributed by atoms with E-state index < -0.39 is 11.2 Å². The van der Waals surface area contributed by atoms with E-state index in [1.807, 2.05) is 6.07 Å². The van der Waals surface area contributed by atoms with Crippen LogP contribution in [0.1, 0.15) is 5.56 Å². The molecule has 1 saturated heterocycles. The summed E-state index contributed by atoms with van der Waals surface area (Å²) in [5.74, 6) is -0.773. The van der Waals surface area contributed by atoms with Crippen LogP contribution in [0.4, 0.5) is 5.69 Å². The zero-order valence-corrected chi connectivity index (χ0v) is 19.0. The van der Waals surface area contributed by atoms with E-state index in [9.17, 15) is 14.9 Å². The van der Waals surface area contributed by atoms with Gasteiger partial charge in [0.05, 0.1) is 5.25 Å². The molecule has 9 heteroatoms. The van der Waals surface area contributed by atoms with E-state index >= 15 is 0 Å². The number of anilines is 1. The number of likely N-dealkylation sites (N-methyl/N-ethyl adjacent to an activating group) is 1. The summed E-state index contributed by atoms with van der Waals surface area (Å²) in [5, 5.41) is 12.8. The number of amides is 2. The Morgan fingerprint density at radius 2 is 1.97 bits per heavy atom.